The molecule has 148 valence electrons. The first-order chi connectivity index (χ1) is 12.8. The summed E-state index contributed by atoms with van der Waals surface area (Å²) in [6.07, 6.45) is 1.35. The lowest BCUT2D eigenvalue weighted by atomic mass is 10.1. The number of benzene rings is 1. The van der Waals surface area contributed by atoms with Crippen LogP contribution in [-0.4, -0.2) is 56.6 Å². The number of nitrogens with zero attached hydrogens (tertiary/aromatic N) is 2. The standard InChI is InChI=1S/C18H24BrN3O4S/c1-2-8-27(25,26)20-15-6-7-21(12-15)18(24)13-9-17(23)22(11-13)16-5-3-4-14(19)10-16/h3-5,10,13,15,20H,2,6-9,11-12H2,1H3/t13-,15+/m0/s1. The molecule has 0 spiro atoms. The van der Waals surface area contributed by atoms with Gasteiger partial charge in [-0.1, -0.05) is 28.9 Å². The zero-order valence-electron chi connectivity index (χ0n) is 15.2. The fourth-order valence-electron chi connectivity index (χ4n) is 3.66. The van der Waals surface area contributed by atoms with Gasteiger partial charge < -0.3 is 9.80 Å². The van der Waals surface area contributed by atoms with Crippen molar-refractivity contribution >= 4 is 43.5 Å². The highest BCUT2D eigenvalue weighted by Crippen LogP contribution is 2.29. The Balaban J connectivity index is 1.60. The number of hydrogen-bond donors (Lipinski definition) is 1. The molecule has 0 aromatic heterocycles. The van der Waals surface area contributed by atoms with Gasteiger partial charge in [-0.2, -0.15) is 0 Å². The van der Waals surface area contributed by atoms with E-state index in [2.05, 4.69) is 20.7 Å². The first kappa shape index (κ1) is 20.3. The van der Waals surface area contributed by atoms with E-state index >= 15 is 0 Å². The molecule has 0 unspecified atom stereocenters. The summed E-state index contributed by atoms with van der Waals surface area (Å²) in [5, 5.41) is 0. The van der Waals surface area contributed by atoms with Crippen molar-refractivity contribution in [3.05, 3.63) is 28.7 Å². The third kappa shape index (κ3) is 4.89. The third-order valence-electron chi connectivity index (χ3n) is 4.91. The molecule has 0 saturated carbocycles. The van der Waals surface area contributed by atoms with Gasteiger partial charge in [0.1, 0.15) is 0 Å². The SMILES string of the molecule is CCCS(=O)(=O)N[C@@H]1CCN(C(=O)[C@H]2CC(=O)N(c3cccc(Br)c3)C2)C1. The predicted molar refractivity (Wildman–Crippen MR) is 107 cm³/mol. The summed E-state index contributed by atoms with van der Waals surface area (Å²) in [4.78, 5) is 28.5. The van der Waals surface area contributed by atoms with E-state index in [1.165, 1.54) is 0 Å². The van der Waals surface area contributed by atoms with E-state index in [-0.39, 0.29) is 35.9 Å². The number of likely N-dealkylation sites (tertiary alicyclic amines) is 1. The Hall–Kier alpha value is -1.45. The Kier molecular flexibility index (Phi) is 6.22. The largest absolute Gasteiger partial charge is 0.341 e. The van der Waals surface area contributed by atoms with Crippen LogP contribution in [0.4, 0.5) is 5.69 Å². The van der Waals surface area contributed by atoms with Crippen molar-refractivity contribution in [2.75, 3.05) is 30.3 Å². The van der Waals surface area contributed by atoms with Crippen LogP contribution in [0.2, 0.25) is 0 Å². The van der Waals surface area contributed by atoms with Gasteiger partial charge in [0, 0.05) is 42.3 Å². The lowest BCUT2D eigenvalue weighted by Crippen LogP contribution is -2.41. The Morgan fingerprint density at radius 2 is 2.11 bits per heavy atom. The number of sulfonamides is 1. The molecule has 0 aliphatic carbocycles. The van der Waals surface area contributed by atoms with Crippen molar-refractivity contribution in [3.63, 3.8) is 0 Å². The summed E-state index contributed by atoms with van der Waals surface area (Å²) >= 11 is 3.40. The van der Waals surface area contributed by atoms with E-state index in [0.717, 1.165) is 10.2 Å². The summed E-state index contributed by atoms with van der Waals surface area (Å²) in [6.45, 7) is 3.05. The van der Waals surface area contributed by atoms with Crippen molar-refractivity contribution in [2.24, 2.45) is 5.92 Å². The first-order valence-corrected chi connectivity index (χ1v) is 11.6. The van der Waals surface area contributed by atoms with E-state index in [4.69, 9.17) is 0 Å². The molecular weight excluding hydrogens is 434 g/mol. The van der Waals surface area contributed by atoms with Gasteiger partial charge in [0.25, 0.3) is 0 Å². The van der Waals surface area contributed by atoms with Crippen LogP contribution in [0.5, 0.6) is 0 Å². The quantitative estimate of drug-likeness (QED) is 0.704. The summed E-state index contributed by atoms with van der Waals surface area (Å²) in [7, 11) is -3.30. The van der Waals surface area contributed by atoms with Crippen LogP contribution in [-0.2, 0) is 19.6 Å². The molecule has 0 radical (unpaired) electrons. The van der Waals surface area contributed by atoms with E-state index in [1.807, 2.05) is 31.2 Å². The number of carbonyl (C=O) groups is 2. The van der Waals surface area contributed by atoms with E-state index < -0.39 is 10.0 Å². The van der Waals surface area contributed by atoms with Gasteiger partial charge in [0.2, 0.25) is 21.8 Å². The zero-order valence-corrected chi connectivity index (χ0v) is 17.6. The maximum atomic E-state index is 12.8. The van der Waals surface area contributed by atoms with Crippen molar-refractivity contribution in [1.29, 1.82) is 0 Å². The summed E-state index contributed by atoms with van der Waals surface area (Å²) < 4.78 is 27.4. The van der Waals surface area contributed by atoms with E-state index in [1.54, 1.807) is 9.80 Å². The molecule has 9 heteroatoms. The van der Waals surface area contributed by atoms with Gasteiger partial charge in [-0.05, 0) is 31.0 Å². The predicted octanol–water partition coefficient (Wildman–Crippen LogP) is 1.73. The number of nitrogens with one attached hydrogen (secondary N) is 1. The van der Waals surface area contributed by atoms with Crippen molar-refractivity contribution < 1.29 is 18.0 Å². The Morgan fingerprint density at radius 1 is 1.33 bits per heavy atom. The van der Waals surface area contributed by atoms with Crippen molar-refractivity contribution in [2.45, 2.75) is 32.2 Å². The number of rotatable bonds is 6. The normalized spacial score (nSPS) is 23.3. The van der Waals surface area contributed by atoms with Gasteiger partial charge in [-0.3, -0.25) is 9.59 Å². The Bertz CT molecular complexity index is 830. The van der Waals surface area contributed by atoms with Gasteiger partial charge >= 0.3 is 0 Å². The van der Waals surface area contributed by atoms with Crippen LogP contribution in [0, 0.1) is 5.92 Å². The lowest BCUT2D eigenvalue weighted by molar-refractivity contribution is -0.134. The highest BCUT2D eigenvalue weighted by atomic mass is 79.9. The second-order valence-corrected chi connectivity index (χ2v) is 9.88. The Labute approximate surface area is 168 Å². The summed E-state index contributed by atoms with van der Waals surface area (Å²) in [5.74, 6) is -0.428. The number of hydrogen-bond acceptors (Lipinski definition) is 4. The molecule has 2 aliphatic rings. The average molecular weight is 458 g/mol. The molecule has 2 aliphatic heterocycles. The fraction of sp³-hybridized carbons (Fsp3) is 0.556. The summed E-state index contributed by atoms with van der Waals surface area (Å²) in [6, 6.07) is 7.21. The lowest BCUT2D eigenvalue weighted by Gasteiger charge is -2.21. The molecule has 2 heterocycles. The minimum atomic E-state index is -3.30. The molecule has 3 rings (SSSR count). The second kappa shape index (κ2) is 8.28. The van der Waals surface area contributed by atoms with Crippen LogP contribution in [0.15, 0.2) is 28.7 Å². The van der Waals surface area contributed by atoms with Gasteiger partial charge in [-0.15, -0.1) is 0 Å². The van der Waals surface area contributed by atoms with Gasteiger partial charge in [0.15, 0.2) is 0 Å². The molecule has 7 nitrogen and oxygen atoms in total. The second-order valence-electron chi connectivity index (χ2n) is 7.09. The molecule has 0 bridgehead atoms. The maximum absolute atomic E-state index is 12.8. The number of amides is 2. The van der Waals surface area contributed by atoms with Gasteiger partial charge in [-0.25, -0.2) is 13.1 Å². The first-order valence-electron chi connectivity index (χ1n) is 9.14. The fourth-order valence-corrected chi connectivity index (χ4v) is 5.41. The van der Waals surface area contributed by atoms with Crippen LogP contribution in [0.3, 0.4) is 0 Å². The van der Waals surface area contributed by atoms with Crippen molar-refractivity contribution in [1.82, 2.24) is 9.62 Å². The third-order valence-corrected chi connectivity index (χ3v) is 7.04. The van der Waals surface area contributed by atoms with Crippen molar-refractivity contribution in [3.8, 4) is 0 Å². The van der Waals surface area contributed by atoms with Crippen LogP contribution < -0.4 is 9.62 Å². The van der Waals surface area contributed by atoms with E-state index in [0.29, 0.717) is 32.5 Å². The van der Waals surface area contributed by atoms with E-state index in [9.17, 15) is 18.0 Å². The van der Waals surface area contributed by atoms with Crippen LogP contribution in [0.1, 0.15) is 26.2 Å². The molecule has 2 fully saturated rings. The highest BCUT2D eigenvalue weighted by molar-refractivity contribution is 9.10. The molecular formula is C18H24BrN3O4S. The Morgan fingerprint density at radius 3 is 2.81 bits per heavy atom. The monoisotopic (exact) mass is 457 g/mol. The molecule has 2 amide bonds. The minimum absolute atomic E-state index is 0.0640. The minimum Gasteiger partial charge on any atom is -0.341 e. The summed E-state index contributed by atoms with van der Waals surface area (Å²) in [5.41, 5.74) is 0.774. The molecule has 1 N–H and O–H groups in total. The number of carbonyl (C=O) groups excluding carboxylic acids is 2. The molecule has 27 heavy (non-hydrogen) atoms. The average Bonchev–Trinajstić information content (AvgIpc) is 3.20. The molecule has 1 aromatic carbocycles. The molecule has 1 aromatic rings. The maximum Gasteiger partial charge on any atom is 0.228 e. The van der Waals surface area contributed by atoms with Crippen LogP contribution >= 0.6 is 15.9 Å². The number of anilines is 1. The topological polar surface area (TPSA) is 86.8 Å². The highest BCUT2D eigenvalue weighted by Gasteiger charge is 2.39. The number of halogens is 1. The van der Waals surface area contributed by atoms with Crippen LogP contribution in [0.25, 0.3) is 0 Å². The smallest absolute Gasteiger partial charge is 0.228 e. The molecule has 2 atom stereocenters. The van der Waals surface area contributed by atoms with Gasteiger partial charge in [0.05, 0.1) is 11.7 Å². The zero-order chi connectivity index (χ0) is 19.6. The molecule has 2 saturated heterocycles.